The smallest absolute Gasteiger partial charge is 0.372 e. The van der Waals surface area contributed by atoms with Crippen molar-refractivity contribution in [3.63, 3.8) is 0 Å². The zero-order chi connectivity index (χ0) is 19.0. The van der Waals surface area contributed by atoms with Gasteiger partial charge in [-0.15, -0.1) is 4.67 Å². The number of hydrogen-bond donors (Lipinski definition) is 1. The van der Waals surface area contributed by atoms with Crippen molar-refractivity contribution in [2.45, 2.75) is 23.9 Å². The minimum absolute atomic E-state index is 0.248. The van der Waals surface area contributed by atoms with Gasteiger partial charge < -0.3 is 14.4 Å². The number of fused-ring (bicyclic) bond motifs is 3. The minimum atomic E-state index is -4.84. The molecule has 4 atom stereocenters. The third kappa shape index (κ3) is 1.64. The third-order valence-electron chi connectivity index (χ3n) is 4.44. The van der Waals surface area contributed by atoms with Crippen LogP contribution in [-0.2, 0) is 37.0 Å². The first-order valence-corrected chi connectivity index (χ1v) is 10.0. The molecule has 1 spiro atoms. The number of nitrogens with zero attached hydrogens (tertiary/aromatic N) is 2. The summed E-state index contributed by atoms with van der Waals surface area (Å²) in [6.45, 7) is -0.727. The zero-order valence-corrected chi connectivity index (χ0v) is 14.2. The average molecular weight is 430 g/mol. The van der Waals surface area contributed by atoms with Crippen molar-refractivity contribution in [2.24, 2.45) is 0 Å². The van der Waals surface area contributed by atoms with E-state index in [0.29, 0.717) is 4.57 Å². The van der Waals surface area contributed by atoms with E-state index >= 15 is 0 Å². The normalized spacial score (nSPS) is 48.4. The van der Waals surface area contributed by atoms with Gasteiger partial charge in [0.1, 0.15) is 12.7 Å². The molecule has 7 aliphatic rings. The summed E-state index contributed by atoms with van der Waals surface area (Å²) in [7, 11) is -9.00. The molecule has 0 saturated carbocycles. The Bertz CT molecular complexity index is 1130. The fourth-order valence-corrected chi connectivity index (χ4v) is 6.13. The van der Waals surface area contributed by atoms with E-state index in [1.165, 1.54) is 0 Å². The van der Waals surface area contributed by atoms with E-state index in [2.05, 4.69) is 14.2 Å². The second-order valence-corrected chi connectivity index (χ2v) is 8.74. The average Bonchev–Trinajstić information content (AvgIpc) is 2.96. The second kappa shape index (κ2) is 4.35. The number of aliphatic hydroxyl groups is 1. The Morgan fingerprint density at radius 1 is 1.19 bits per heavy atom. The molecule has 0 radical (unpaired) electrons. The van der Waals surface area contributed by atoms with Crippen LogP contribution in [0.15, 0.2) is 9.59 Å². The van der Waals surface area contributed by atoms with Crippen LogP contribution in [0, 0.1) is 5.82 Å². The highest BCUT2D eigenvalue weighted by atomic mass is 31.2. The van der Waals surface area contributed by atoms with Crippen molar-refractivity contribution >= 4 is 15.6 Å². The van der Waals surface area contributed by atoms with Crippen LogP contribution in [0.4, 0.5) is 4.39 Å². The van der Waals surface area contributed by atoms with Gasteiger partial charge in [-0.05, 0) is 0 Å². The minimum Gasteiger partial charge on any atom is -0.372 e. The lowest BCUT2D eigenvalue weighted by molar-refractivity contribution is -0.296. The molecule has 4 saturated heterocycles. The van der Waals surface area contributed by atoms with Crippen LogP contribution < -0.4 is 20.4 Å². The first-order valence-electron chi connectivity index (χ1n) is 7.10. The van der Waals surface area contributed by atoms with Crippen molar-refractivity contribution in [1.29, 1.82) is 0 Å². The Morgan fingerprint density at radius 2 is 1.93 bits per heavy atom. The Morgan fingerprint density at radius 3 is 2.67 bits per heavy atom. The van der Waals surface area contributed by atoms with Gasteiger partial charge in [0.2, 0.25) is 6.23 Å². The summed E-state index contributed by atoms with van der Waals surface area (Å²) in [5.41, 5.74) is -3.08. The summed E-state index contributed by atoms with van der Waals surface area (Å²) in [6, 6.07) is 0. The molecule has 8 rings (SSSR count). The van der Waals surface area contributed by atoms with Crippen LogP contribution in [0.25, 0.3) is 0 Å². The van der Waals surface area contributed by atoms with E-state index in [-0.39, 0.29) is 4.73 Å². The number of phosphoric ester groups is 1. The monoisotopic (exact) mass is 430 g/mol. The van der Waals surface area contributed by atoms with E-state index in [9.17, 15) is 28.2 Å². The van der Waals surface area contributed by atoms with Gasteiger partial charge in [0.15, 0.2) is 0 Å². The van der Waals surface area contributed by atoms with Gasteiger partial charge in [0, 0.05) is 0 Å². The first kappa shape index (κ1) is 16.4. The summed E-state index contributed by atoms with van der Waals surface area (Å²) in [5, 5.41) is 10.8. The lowest BCUT2D eigenvalue weighted by Gasteiger charge is -2.37. The largest absolute Gasteiger partial charge is 0.636 e. The summed E-state index contributed by atoms with van der Waals surface area (Å²) < 4.78 is 73.2. The highest BCUT2D eigenvalue weighted by molar-refractivity contribution is 7.50. The molecule has 18 heteroatoms. The van der Waals surface area contributed by atoms with Gasteiger partial charge in [0.25, 0.3) is 23.3 Å². The fraction of sp³-hybridized carbons (Fsp3) is 0.556. The number of phosphoric acid groups is 2. The van der Waals surface area contributed by atoms with Gasteiger partial charge in [-0.3, -0.25) is 9.42 Å². The Labute approximate surface area is 144 Å². The standard InChI is InChI=1S/C9H5FN2O13P2/c10-3-4(13)12-7(14)11-5(3)20-26(16,24-12)25-18-1-2-8(15)9(6(11)19-2)22-27(17,21-8)23-9/h2,6,15H,1H2/t2-,6-,8+,9?,26?,27?/m1/s1. The number of aromatic nitrogens is 2. The first-order chi connectivity index (χ1) is 12.6. The predicted molar refractivity (Wildman–Crippen MR) is 69.2 cm³/mol. The van der Waals surface area contributed by atoms with E-state index in [4.69, 9.17) is 22.8 Å². The predicted octanol–water partition coefficient (Wildman–Crippen LogP) is -1.49. The molecule has 1 aromatic rings. The van der Waals surface area contributed by atoms with Crippen LogP contribution >= 0.6 is 15.6 Å². The quantitative estimate of drug-likeness (QED) is 0.373. The Hall–Kier alpha value is -1.61. The number of hydrogen-bond acceptors (Lipinski definition) is 13. The van der Waals surface area contributed by atoms with Crippen LogP contribution in [0.3, 0.4) is 0 Å². The molecule has 8 bridgehead atoms. The summed E-state index contributed by atoms with van der Waals surface area (Å²) in [6.07, 6.45) is -3.45. The van der Waals surface area contributed by atoms with Crippen molar-refractivity contribution in [3.8, 4) is 5.88 Å². The molecule has 1 N–H and O–H groups in total. The molecule has 0 aliphatic carbocycles. The molecule has 27 heavy (non-hydrogen) atoms. The second-order valence-electron chi connectivity index (χ2n) is 5.91. The fourth-order valence-electron chi connectivity index (χ4n) is 3.34. The lowest BCUT2D eigenvalue weighted by atomic mass is 10.0. The van der Waals surface area contributed by atoms with Crippen molar-refractivity contribution in [1.82, 2.24) is 9.30 Å². The molecule has 0 amide bonds. The SMILES string of the molecule is O=c1c(F)c2n3c(=O)n1OP(=O)(OOC[C@H]1O[C@@H]3C34OP(=O)(O3)O[C@@]14O)O2. The molecular weight excluding hydrogens is 425 g/mol. The van der Waals surface area contributed by atoms with Crippen molar-refractivity contribution in [3.05, 3.63) is 26.7 Å². The molecule has 8 heterocycles. The third-order valence-corrected chi connectivity index (χ3v) is 6.98. The maximum atomic E-state index is 14.4. The van der Waals surface area contributed by atoms with E-state index in [0.717, 1.165) is 0 Å². The van der Waals surface area contributed by atoms with Crippen LogP contribution in [-0.4, -0.2) is 38.7 Å². The Kier molecular flexibility index (Phi) is 2.63. The van der Waals surface area contributed by atoms with Gasteiger partial charge in [-0.25, -0.2) is 37.0 Å². The molecule has 1 aromatic heterocycles. The van der Waals surface area contributed by atoms with Crippen LogP contribution in [0.1, 0.15) is 6.23 Å². The topological polar surface area (TPSA) is 172 Å². The maximum Gasteiger partial charge on any atom is 0.636 e. The zero-order valence-electron chi connectivity index (χ0n) is 12.4. The van der Waals surface area contributed by atoms with Gasteiger partial charge in [0.05, 0.1) is 0 Å². The van der Waals surface area contributed by atoms with Crippen LogP contribution in [0.2, 0.25) is 0 Å². The molecule has 146 valence electrons. The Balaban J connectivity index is 1.69. The van der Waals surface area contributed by atoms with Crippen LogP contribution in [0.5, 0.6) is 5.88 Å². The van der Waals surface area contributed by atoms with E-state index in [1.807, 2.05) is 0 Å². The van der Waals surface area contributed by atoms with Gasteiger partial charge >= 0.3 is 26.9 Å². The number of rotatable bonds is 0. The maximum absolute atomic E-state index is 14.4. The number of ether oxygens (including phenoxy) is 1. The summed E-state index contributed by atoms with van der Waals surface area (Å²) >= 11 is 0. The lowest BCUT2D eigenvalue weighted by Crippen LogP contribution is -2.59. The molecular formula is C9H5FN2O13P2. The van der Waals surface area contributed by atoms with E-state index in [1.54, 1.807) is 0 Å². The molecule has 0 aromatic carbocycles. The molecule has 4 fully saturated rings. The van der Waals surface area contributed by atoms with E-state index < -0.39 is 69.1 Å². The summed E-state index contributed by atoms with van der Waals surface area (Å²) in [5.74, 6) is -7.90. The molecule has 7 aliphatic heterocycles. The van der Waals surface area contributed by atoms with Crippen molar-refractivity contribution in [2.75, 3.05) is 6.61 Å². The summed E-state index contributed by atoms with van der Waals surface area (Å²) in [4.78, 5) is 29.2. The highest BCUT2D eigenvalue weighted by Gasteiger charge is 2.89. The molecule has 1 unspecified atom stereocenters. The number of halogens is 1. The van der Waals surface area contributed by atoms with Crippen molar-refractivity contribution < 1.29 is 55.6 Å². The molecule has 15 nitrogen and oxygen atoms in total. The highest BCUT2D eigenvalue weighted by Crippen LogP contribution is 2.82. The van der Waals surface area contributed by atoms with Gasteiger partial charge in [-0.2, -0.15) is 4.39 Å². The van der Waals surface area contributed by atoms with Gasteiger partial charge in [-0.1, -0.05) is 4.73 Å².